The van der Waals surface area contributed by atoms with Crippen LogP contribution in [0, 0.1) is 13.8 Å². The number of likely N-dealkylation sites (N-methyl/N-ethyl adjacent to an activating group) is 1. The summed E-state index contributed by atoms with van der Waals surface area (Å²) in [5, 5.41) is 1.94. The molecule has 2 amide bonds. The van der Waals surface area contributed by atoms with Gasteiger partial charge in [-0.05, 0) is 73.5 Å². The molecule has 0 spiro atoms. The van der Waals surface area contributed by atoms with E-state index in [9.17, 15) is 9.59 Å². The molecule has 0 aliphatic carbocycles. The van der Waals surface area contributed by atoms with Crippen LogP contribution in [-0.2, 0) is 16.0 Å². The molecule has 1 aromatic carbocycles. The summed E-state index contributed by atoms with van der Waals surface area (Å²) >= 11 is 1.48. The van der Waals surface area contributed by atoms with Crippen molar-refractivity contribution < 1.29 is 9.59 Å². The number of benzene rings is 1. The highest BCUT2D eigenvalue weighted by Crippen LogP contribution is 2.38. The molecule has 0 fully saturated rings. The summed E-state index contributed by atoms with van der Waals surface area (Å²) < 4.78 is 0. The Labute approximate surface area is 186 Å². The number of carbonyl (C=O) groups excluding carboxylic acids is 2. The van der Waals surface area contributed by atoms with E-state index in [0.29, 0.717) is 30.0 Å². The summed E-state index contributed by atoms with van der Waals surface area (Å²) in [6, 6.07) is 13.5. The Bertz CT molecular complexity index is 1140. The SMILES string of the molecule is CCN(CCc1ccncc1)C1=C(c2cccs2)C(=O)N(c2cccc(C)c2C)C1=O. The minimum Gasteiger partial charge on any atom is -0.366 e. The summed E-state index contributed by atoms with van der Waals surface area (Å²) in [7, 11) is 0. The van der Waals surface area contributed by atoms with Crippen molar-refractivity contribution in [2.24, 2.45) is 0 Å². The Morgan fingerprint density at radius 2 is 1.77 bits per heavy atom. The third kappa shape index (κ3) is 3.91. The lowest BCUT2D eigenvalue weighted by Gasteiger charge is -2.25. The van der Waals surface area contributed by atoms with Gasteiger partial charge in [0.25, 0.3) is 11.8 Å². The number of aromatic nitrogens is 1. The number of aryl methyl sites for hydroxylation is 1. The molecular formula is C25H25N3O2S. The van der Waals surface area contributed by atoms with E-state index in [0.717, 1.165) is 28.0 Å². The average Bonchev–Trinajstić information content (AvgIpc) is 3.39. The molecule has 158 valence electrons. The van der Waals surface area contributed by atoms with Crippen LogP contribution in [0.4, 0.5) is 5.69 Å². The van der Waals surface area contributed by atoms with Crippen LogP contribution in [0.25, 0.3) is 5.57 Å². The van der Waals surface area contributed by atoms with Gasteiger partial charge >= 0.3 is 0 Å². The maximum absolute atomic E-state index is 13.7. The highest BCUT2D eigenvalue weighted by molar-refractivity contribution is 7.11. The average molecular weight is 432 g/mol. The number of nitrogens with zero attached hydrogens (tertiary/aromatic N) is 3. The van der Waals surface area contributed by atoms with E-state index in [1.807, 2.05) is 73.5 Å². The van der Waals surface area contributed by atoms with Crippen molar-refractivity contribution in [3.05, 3.63) is 87.5 Å². The number of hydrogen-bond donors (Lipinski definition) is 0. The van der Waals surface area contributed by atoms with E-state index in [2.05, 4.69) is 4.98 Å². The molecule has 0 saturated carbocycles. The summed E-state index contributed by atoms with van der Waals surface area (Å²) in [5.41, 5.74) is 4.78. The molecule has 4 rings (SSSR count). The van der Waals surface area contributed by atoms with Gasteiger partial charge in [0.05, 0.1) is 11.3 Å². The fourth-order valence-electron chi connectivity index (χ4n) is 3.89. The molecule has 6 heteroatoms. The van der Waals surface area contributed by atoms with E-state index in [1.54, 1.807) is 12.4 Å². The Hall–Kier alpha value is -3.25. The van der Waals surface area contributed by atoms with E-state index in [1.165, 1.54) is 16.2 Å². The van der Waals surface area contributed by atoms with Crippen LogP contribution in [0.5, 0.6) is 0 Å². The van der Waals surface area contributed by atoms with Gasteiger partial charge in [-0.1, -0.05) is 18.2 Å². The highest BCUT2D eigenvalue weighted by Gasteiger charge is 2.43. The number of hydrogen-bond acceptors (Lipinski definition) is 5. The number of pyridine rings is 1. The number of thiophene rings is 1. The van der Waals surface area contributed by atoms with Gasteiger partial charge in [0.2, 0.25) is 0 Å². The maximum atomic E-state index is 13.7. The minimum atomic E-state index is -0.251. The van der Waals surface area contributed by atoms with Crippen LogP contribution >= 0.6 is 11.3 Å². The maximum Gasteiger partial charge on any atom is 0.282 e. The van der Waals surface area contributed by atoms with Crippen molar-refractivity contribution in [3.63, 3.8) is 0 Å². The molecule has 0 bridgehead atoms. The van der Waals surface area contributed by atoms with Crippen LogP contribution in [0.1, 0.15) is 28.5 Å². The second kappa shape index (κ2) is 8.86. The number of imide groups is 1. The van der Waals surface area contributed by atoms with Gasteiger partial charge in [-0.15, -0.1) is 11.3 Å². The number of carbonyl (C=O) groups is 2. The van der Waals surface area contributed by atoms with Crippen LogP contribution in [0.2, 0.25) is 0 Å². The molecule has 1 aliphatic rings. The molecule has 2 aromatic heterocycles. The van der Waals surface area contributed by atoms with Crippen LogP contribution in [0.3, 0.4) is 0 Å². The van der Waals surface area contributed by atoms with Crippen molar-refractivity contribution in [1.82, 2.24) is 9.88 Å². The topological polar surface area (TPSA) is 53.5 Å². The zero-order chi connectivity index (χ0) is 22.0. The van der Waals surface area contributed by atoms with E-state index < -0.39 is 0 Å². The predicted octanol–water partition coefficient (Wildman–Crippen LogP) is 4.61. The molecule has 0 unspecified atom stereocenters. The lowest BCUT2D eigenvalue weighted by molar-refractivity contribution is -0.120. The van der Waals surface area contributed by atoms with Gasteiger partial charge in [0, 0.05) is 30.4 Å². The first kappa shape index (κ1) is 21.0. The van der Waals surface area contributed by atoms with Gasteiger partial charge in [-0.2, -0.15) is 0 Å². The molecule has 0 atom stereocenters. The summed E-state index contributed by atoms with van der Waals surface area (Å²) in [6.45, 7) is 7.24. The lowest BCUT2D eigenvalue weighted by atomic mass is 10.1. The van der Waals surface area contributed by atoms with Gasteiger partial charge in [-0.25, -0.2) is 4.90 Å². The minimum absolute atomic E-state index is 0.251. The number of anilines is 1. The first-order valence-electron chi connectivity index (χ1n) is 10.4. The van der Waals surface area contributed by atoms with Gasteiger partial charge < -0.3 is 4.90 Å². The molecule has 0 radical (unpaired) electrons. The van der Waals surface area contributed by atoms with E-state index >= 15 is 0 Å². The van der Waals surface area contributed by atoms with Gasteiger partial charge in [-0.3, -0.25) is 14.6 Å². The summed E-state index contributed by atoms with van der Waals surface area (Å²) in [4.78, 5) is 35.6. The molecule has 3 heterocycles. The van der Waals surface area contributed by atoms with Crippen molar-refractivity contribution >= 4 is 34.4 Å². The fourth-order valence-corrected chi connectivity index (χ4v) is 4.66. The predicted molar refractivity (Wildman–Crippen MR) is 125 cm³/mol. The normalized spacial score (nSPS) is 14.0. The Morgan fingerprint density at radius 1 is 1.00 bits per heavy atom. The van der Waals surface area contributed by atoms with Gasteiger partial charge in [0.1, 0.15) is 5.70 Å². The van der Waals surface area contributed by atoms with Crippen molar-refractivity contribution in [2.45, 2.75) is 27.2 Å². The number of rotatable bonds is 7. The zero-order valence-corrected chi connectivity index (χ0v) is 18.8. The van der Waals surface area contributed by atoms with Crippen molar-refractivity contribution in [3.8, 4) is 0 Å². The van der Waals surface area contributed by atoms with E-state index in [4.69, 9.17) is 0 Å². The fraction of sp³-hybridized carbons (Fsp3) is 0.240. The second-order valence-electron chi connectivity index (χ2n) is 7.55. The lowest BCUT2D eigenvalue weighted by Crippen LogP contribution is -2.36. The third-order valence-corrected chi connectivity index (χ3v) is 6.65. The third-order valence-electron chi connectivity index (χ3n) is 5.76. The first-order chi connectivity index (χ1) is 15.0. The first-order valence-corrected chi connectivity index (χ1v) is 11.3. The zero-order valence-electron chi connectivity index (χ0n) is 18.0. The molecule has 0 N–H and O–H groups in total. The van der Waals surface area contributed by atoms with Crippen LogP contribution < -0.4 is 4.90 Å². The second-order valence-corrected chi connectivity index (χ2v) is 8.50. The molecule has 1 aliphatic heterocycles. The summed E-state index contributed by atoms with van der Waals surface area (Å²) in [6.07, 6.45) is 4.31. The molecule has 5 nitrogen and oxygen atoms in total. The standard InChI is InChI=1S/C25H25N3O2S/c1-4-27(15-12-19-10-13-26-14-11-19)23-22(21-9-6-16-31-21)24(29)28(25(23)30)20-8-5-7-17(2)18(20)3/h5-11,13-14,16H,4,12,15H2,1-3H3. The molecule has 3 aromatic rings. The Kier molecular flexibility index (Phi) is 6.00. The quantitative estimate of drug-likeness (QED) is 0.513. The number of amides is 2. The van der Waals surface area contributed by atoms with Gasteiger partial charge in [0.15, 0.2) is 0 Å². The van der Waals surface area contributed by atoms with Crippen LogP contribution in [0.15, 0.2) is 65.9 Å². The molecule has 0 saturated heterocycles. The van der Waals surface area contributed by atoms with Crippen molar-refractivity contribution in [2.75, 3.05) is 18.0 Å². The van der Waals surface area contributed by atoms with Crippen molar-refractivity contribution in [1.29, 1.82) is 0 Å². The molecule has 31 heavy (non-hydrogen) atoms. The monoisotopic (exact) mass is 431 g/mol. The molecular weight excluding hydrogens is 406 g/mol. The van der Waals surface area contributed by atoms with E-state index in [-0.39, 0.29) is 11.8 Å². The smallest absolute Gasteiger partial charge is 0.282 e. The summed E-state index contributed by atoms with van der Waals surface area (Å²) in [5.74, 6) is -0.503. The highest BCUT2D eigenvalue weighted by atomic mass is 32.1. The van der Waals surface area contributed by atoms with Crippen LogP contribution in [-0.4, -0.2) is 34.8 Å². The Morgan fingerprint density at radius 3 is 2.45 bits per heavy atom. The Balaban J connectivity index is 1.75. The largest absolute Gasteiger partial charge is 0.366 e.